The van der Waals surface area contributed by atoms with Crippen LogP contribution in [-0.4, -0.2) is 43.0 Å². The lowest BCUT2D eigenvalue weighted by Crippen LogP contribution is -2.42. The number of aromatic nitrogens is 5. The van der Waals surface area contributed by atoms with Crippen molar-refractivity contribution in [1.29, 1.82) is 0 Å². The number of nitrogens with one attached hydrogen (secondary N) is 3. The van der Waals surface area contributed by atoms with E-state index in [1.54, 1.807) is 23.3 Å². The van der Waals surface area contributed by atoms with Crippen molar-refractivity contribution in [3.8, 4) is 5.95 Å². The second-order valence-electron chi connectivity index (χ2n) is 4.58. The molecule has 5 N–H and O–H groups in total. The van der Waals surface area contributed by atoms with E-state index in [-0.39, 0.29) is 17.9 Å². The summed E-state index contributed by atoms with van der Waals surface area (Å²) in [7, 11) is 0. The number of amides is 1. The Morgan fingerprint density at radius 3 is 2.86 bits per heavy atom. The third-order valence-electron chi connectivity index (χ3n) is 3.09. The summed E-state index contributed by atoms with van der Waals surface area (Å²) < 4.78 is 1.65. The van der Waals surface area contributed by atoms with E-state index in [2.05, 4.69) is 36.0 Å². The maximum atomic E-state index is 11.2. The molecule has 0 spiro atoms. The molecule has 1 amide bonds. The van der Waals surface area contributed by atoms with Gasteiger partial charge in [0, 0.05) is 31.4 Å². The number of nitrogen functional groups attached to an aromatic ring is 1. The Morgan fingerprint density at radius 1 is 1.33 bits per heavy atom. The van der Waals surface area contributed by atoms with E-state index in [0.29, 0.717) is 24.9 Å². The summed E-state index contributed by atoms with van der Waals surface area (Å²) in [6.07, 6.45) is 6.14. The first-order valence-electron chi connectivity index (χ1n) is 6.49. The zero-order chi connectivity index (χ0) is 14.7. The fourth-order valence-corrected chi connectivity index (χ4v) is 2.03. The van der Waals surface area contributed by atoms with Gasteiger partial charge in [0.2, 0.25) is 23.8 Å². The topological polar surface area (TPSA) is 136 Å². The van der Waals surface area contributed by atoms with Crippen LogP contribution in [0.2, 0.25) is 0 Å². The van der Waals surface area contributed by atoms with E-state index in [1.165, 1.54) is 0 Å². The van der Waals surface area contributed by atoms with Crippen LogP contribution in [0.5, 0.6) is 0 Å². The predicted molar refractivity (Wildman–Crippen MR) is 74.4 cm³/mol. The number of nitrogens with two attached hydrogens (primary N) is 1. The zero-order valence-electron chi connectivity index (χ0n) is 11.2. The summed E-state index contributed by atoms with van der Waals surface area (Å²) in [5, 5.41) is 5.97. The first kappa shape index (κ1) is 13.2. The van der Waals surface area contributed by atoms with Gasteiger partial charge >= 0.3 is 0 Å². The van der Waals surface area contributed by atoms with Gasteiger partial charge in [0.15, 0.2) is 0 Å². The smallest absolute Gasteiger partial charge is 0.243 e. The summed E-state index contributed by atoms with van der Waals surface area (Å²) in [6, 6.07) is 0.0753. The molecule has 10 heteroatoms. The highest BCUT2D eigenvalue weighted by molar-refractivity contribution is 5.76. The first-order chi connectivity index (χ1) is 10.2. The molecule has 0 bridgehead atoms. The SMILES string of the molecule is NNc1nc(NC2CCC(=O)NC2)nc(-n2ccnc2)n1. The van der Waals surface area contributed by atoms with Crippen LogP contribution in [0, 0.1) is 0 Å². The molecule has 0 aromatic carbocycles. The second-order valence-corrected chi connectivity index (χ2v) is 4.58. The van der Waals surface area contributed by atoms with Crippen LogP contribution in [0.4, 0.5) is 11.9 Å². The van der Waals surface area contributed by atoms with Crippen LogP contribution in [0.25, 0.3) is 5.95 Å². The molecule has 1 aliphatic heterocycles. The van der Waals surface area contributed by atoms with Crippen LogP contribution in [0.1, 0.15) is 12.8 Å². The van der Waals surface area contributed by atoms with Crippen molar-refractivity contribution < 1.29 is 4.79 Å². The molecule has 3 rings (SSSR count). The Kier molecular flexibility index (Phi) is 3.60. The summed E-state index contributed by atoms with van der Waals surface area (Å²) in [4.78, 5) is 27.7. The molecule has 0 saturated carbocycles. The summed E-state index contributed by atoms with van der Waals surface area (Å²) >= 11 is 0. The Labute approximate surface area is 120 Å². The maximum Gasteiger partial charge on any atom is 0.243 e. The van der Waals surface area contributed by atoms with E-state index in [1.807, 2.05) is 0 Å². The molecule has 0 radical (unpaired) electrons. The Balaban J connectivity index is 1.81. The summed E-state index contributed by atoms with van der Waals surface area (Å²) in [6.45, 7) is 0.538. The normalized spacial score (nSPS) is 18.1. The molecule has 3 heterocycles. The molecule has 10 nitrogen and oxygen atoms in total. The first-order valence-corrected chi connectivity index (χ1v) is 6.49. The summed E-state index contributed by atoms with van der Waals surface area (Å²) in [5.41, 5.74) is 2.41. The van der Waals surface area contributed by atoms with Gasteiger partial charge in [-0.25, -0.2) is 10.8 Å². The molecule has 1 saturated heterocycles. The molecular weight excluding hydrogens is 274 g/mol. The number of anilines is 2. The minimum atomic E-state index is 0.0621. The number of carbonyl (C=O) groups is 1. The van der Waals surface area contributed by atoms with Gasteiger partial charge in [-0.05, 0) is 6.42 Å². The number of hydrazine groups is 1. The third-order valence-corrected chi connectivity index (χ3v) is 3.09. The van der Waals surface area contributed by atoms with Crippen molar-refractivity contribution >= 4 is 17.8 Å². The molecule has 1 unspecified atom stereocenters. The van der Waals surface area contributed by atoms with Crippen molar-refractivity contribution in [3.05, 3.63) is 18.7 Å². The van der Waals surface area contributed by atoms with Gasteiger partial charge in [0.05, 0.1) is 0 Å². The standard InChI is InChI=1S/C11H15N9O/c12-19-10-16-9(15-7-1-2-8(21)14-5-7)17-11(18-10)20-4-3-13-6-20/h3-4,6-7H,1-2,5,12H2,(H,14,21)(H2,15,16,17,18,19). The minimum Gasteiger partial charge on any atom is -0.354 e. The van der Waals surface area contributed by atoms with Crippen LogP contribution < -0.4 is 21.9 Å². The molecule has 0 aliphatic carbocycles. The molecule has 21 heavy (non-hydrogen) atoms. The maximum absolute atomic E-state index is 11.2. The Morgan fingerprint density at radius 2 is 2.19 bits per heavy atom. The number of hydrogen-bond acceptors (Lipinski definition) is 8. The van der Waals surface area contributed by atoms with Gasteiger partial charge in [-0.15, -0.1) is 0 Å². The highest BCUT2D eigenvalue weighted by Crippen LogP contribution is 2.12. The van der Waals surface area contributed by atoms with Gasteiger partial charge in [-0.3, -0.25) is 14.8 Å². The van der Waals surface area contributed by atoms with Crippen molar-refractivity contribution in [2.24, 2.45) is 5.84 Å². The predicted octanol–water partition coefficient (Wildman–Crippen LogP) is -0.967. The van der Waals surface area contributed by atoms with Crippen molar-refractivity contribution in [2.75, 3.05) is 17.3 Å². The molecule has 1 aliphatic rings. The number of piperidine rings is 1. The lowest BCUT2D eigenvalue weighted by molar-refractivity contribution is -0.122. The molecule has 1 fully saturated rings. The average Bonchev–Trinajstić information content (AvgIpc) is 3.04. The molecule has 1 atom stereocenters. The van der Waals surface area contributed by atoms with Crippen LogP contribution in [0.3, 0.4) is 0 Å². The van der Waals surface area contributed by atoms with Crippen molar-refractivity contribution in [3.63, 3.8) is 0 Å². The van der Waals surface area contributed by atoms with Gasteiger partial charge in [-0.1, -0.05) is 0 Å². The molecule has 2 aromatic rings. The number of rotatable bonds is 4. The largest absolute Gasteiger partial charge is 0.354 e. The lowest BCUT2D eigenvalue weighted by Gasteiger charge is -2.23. The number of imidazole rings is 1. The van der Waals surface area contributed by atoms with E-state index in [4.69, 9.17) is 5.84 Å². The fraction of sp³-hybridized carbons (Fsp3) is 0.364. The van der Waals surface area contributed by atoms with Crippen molar-refractivity contribution in [1.82, 2.24) is 29.8 Å². The quantitative estimate of drug-likeness (QED) is 0.417. The van der Waals surface area contributed by atoms with Crippen LogP contribution >= 0.6 is 0 Å². The minimum absolute atomic E-state index is 0.0621. The number of carbonyl (C=O) groups excluding carboxylic acids is 1. The summed E-state index contributed by atoms with van der Waals surface area (Å²) in [5.74, 6) is 6.48. The van der Waals surface area contributed by atoms with E-state index in [9.17, 15) is 4.79 Å². The molecule has 110 valence electrons. The van der Waals surface area contributed by atoms with Gasteiger partial charge in [0.25, 0.3) is 0 Å². The number of hydrogen-bond donors (Lipinski definition) is 4. The van der Waals surface area contributed by atoms with Crippen LogP contribution in [0.15, 0.2) is 18.7 Å². The van der Waals surface area contributed by atoms with E-state index < -0.39 is 0 Å². The Bertz CT molecular complexity index is 617. The van der Waals surface area contributed by atoms with E-state index >= 15 is 0 Å². The molecular formula is C11H15N9O. The second kappa shape index (κ2) is 5.71. The van der Waals surface area contributed by atoms with Gasteiger partial charge < -0.3 is 10.6 Å². The average molecular weight is 289 g/mol. The number of nitrogens with zero attached hydrogens (tertiary/aromatic N) is 5. The third kappa shape index (κ3) is 3.05. The molecule has 2 aromatic heterocycles. The highest BCUT2D eigenvalue weighted by Gasteiger charge is 2.19. The fourth-order valence-electron chi connectivity index (χ4n) is 2.03. The zero-order valence-corrected chi connectivity index (χ0v) is 11.2. The van der Waals surface area contributed by atoms with Crippen LogP contribution in [-0.2, 0) is 4.79 Å². The van der Waals surface area contributed by atoms with E-state index in [0.717, 1.165) is 6.42 Å². The Hall–Kier alpha value is -2.75. The monoisotopic (exact) mass is 289 g/mol. The van der Waals surface area contributed by atoms with Gasteiger partial charge in [-0.2, -0.15) is 15.0 Å². The van der Waals surface area contributed by atoms with Gasteiger partial charge in [0.1, 0.15) is 6.33 Å². The van der Waals surface area contributed by atoms with Crippen molar-refractivity contribution in [2.45, 2.75) is 18.9 Å². The lowest BCUT2D eigenvalue weighted by atomic mass is 10.1. The highest BCUT2D eigenvalue weighted by atomic mass is 16.1.